The van der Waals surface area contributed by atoms with Gasteiger partial charge in [0.05, 0.1) is 85.5 Å². The summed E-state index contributed by atoms with van der Waals surface area (Å²) in [6.45, 7) is 46.0. The van der Waals surface area contributed by atoms with Gasteiger partial charge in [0.15, 0.2) is 44.0 Å². The molecule has 21 aliphatic heterocycles. The van der Waals surface area contributed by atoms with Gasteiger partial charge in [0.25, 0.3) is 0 Å². The molecule has 0 saturated carbocycles. The SMILES string of the molecule is CC1[C@@H]2OC(C)[C@@H](O[C@H]3OC(C)[C@@H](O[C@@H]4OC(C)[C@@H](O[C@H]5OC(C)[C@@H](O[C@@H]6OC(C)[C@@H](O[C@H]7OC(C)[C@@H](O[C@@H]8OC(C)[C@@H](O2)[C@H](C)C8C)[C@H](C)C7C)[C@H](C)C6C)[C@H](C)C5C)[C@H](C)C4C)[C@H](C)C3C)[C@@H]1C. The summed E-state index contributed by atoms with van der Waals surface area (Å²) in [6.07, 6.45) is -5.78. The first-order valence-corrected chi connectivity index (χ1v) is 28.1. The van der Waals surface area contributed by atoms with Crippen LogP contribution in [0.4, 0.5) is 0 Å². The Balaban J connectivity index is 1.02. The van der Waals surface area contributed by atoms with Gasteiger partial charge in [0.1, 0.15) is 0 Å². The van der Waals surface area contributed by atoms with Crippen LogP contribution in [0.2, 0.25) is 0 Å². The van der Waals surface area contributed by atoms with Crippen molar-refractivity contribution >= 4 is 0 Å². The Labute approximate surface area is 422 Å². The van der Waals surface area contributed by atoms with Crippen LogP contribution in [0.1, 0.15) is 145 Å². The van der Waals surface area contributed by atoms with Crippen molar-refractivity contribution in [2.24, 2.45) is 82.9 Å². The van der Waals surface area contributed by atoms with Gasteiger partial charge in [-0.3, -0.25) is 0 Å². The first-order chi connectivity index (χ1) is 32.9. The van der Waals surface area contributed by atoms with Crippen molar-refractivity contribution in [2.75, 3.05) is 0 Å². The zero-order valence-corrected chi connectivity index (χ0v) is 46.9. The highest BCUT2D eigenvalue weighted by Gasteiger charge is 2.54. The van der Waals surface area contributed by atoms with E-state index >= 15 is 0 Å². The maximum Gasteiger partial charge on any atom is 0.161 e. The summed E-state index contributed by atoms with van der Waals surface area (Å²) in [4.78, 5) is 0. The molecule has 0 aromatic carbocycles. The lowest BCUT2D eigenvalue weighted by atomic mass is 9.81. The smallest absolute Gasteiger partial charge is 0.161 e. The van der Waals surface area contributed by atoms with Crippen LogP contribution >= 0.6 is 0 Å². The lowest BCUT2D eigenvalue weighted by Crippen LogP contribution is -2.59. The molecule has 70 heavy (non-hydrogen) atoms. The van der Waals surface area contributed by atoms with Gasteiger partial charge in [0, 0.05) is 41.4 Å². The molecule has 14 heteroatoms. The molecule has 0 aliphatic carbocycles. The van der Waals surface area contributed by atoms with Gasteiger partial charge in [-0.15, -0.1) is 0 Å². The van der Waals surface area contributed by atoms with Gasteiger partial charge in [-0.25, -0.2) is 0 Å². The van der Waals surface area contributed by atoms with E-state index in [9.17, 15) is 0 Å². The van der Waals surface area contributed by atoms with E-state index in [0.717, 1.165) is 0 Å². The Bertz CT molecular complexity index is 1360. The average Bonchev–Trinajstić information content (AvgIpc) is 3.31. The van der Waals surface area contributed by atoms with Gasteiger partial charge >= 0.3 is 0 Å². The molecule has 21 rings (SSSR count). The van der Waals surface area contributed by atoms with Crippen LogP contribution in [0.3, 0.4) is 0 Å². The Morgan fingerprint density at radius 3 is 0.329 bits per heavy atom. The van der Waals surface area contributed by atoms with E-state index in [2.05, 4.69) is 145 Å². The zero-order chi connectivity index (χ0) is 51.1. The molecule has 0 spiro atoms. The molecule has 14 nitrogen and oxygen atoms in total. The van der Waals surface area contributed by atoms with Crippen molar-refractivity contribution in [3.63, 3.8) is 0 Å². The maximum absolute atomic E-state index is 6.97. The highest BCUT2D eigenvalue weighted by atomic mass is 16.8. The van der Waals surface area contributed by atoms with Gasteiger partial charge < -0.3 is 66.3 Å². The largest absolute Gasteiger partial charge is 0.347 e. The van der Waals surface area contributed by atoms with E-state index < -0.39 is 44.0 Å². The quantitative estimate of drug-likeness (QED) is 0.228. The minimum Gasteiger partial charge on any atom is -0.347 e. The Morgan fingerprint density at radius 1 is 0.129 bits per heavy atom. The van der Waals surface area contributed by atoms with Crippen LogP contribution in [0.15, 0.2) is 0 Å². The van der Waals surface area contributed by atoms with E-state index in [1.165, 1.54) is 0 Å². The molecule has 14 unspecified atom stereocenters. The molecule has 21 heterocycles. The van der Waals surface area contributed by atoms with Gasteiger partial charge in [0.2, 0.25) is 0 Å². The summed E-state index contributed by atoms with van der Waals surface area (Å²) < 4.78 is 96.1. The first-order valence-electron chi connectivity index (χ1n) is 28.1. The summed E-state index contributed by atoms with van der Waals surface area (Å²) in [5, 5.41) is 0. The molecule has 0 N–H and O–H groups in total. The normalized spacial score (nSPS) is 59.7. The van der Waals surface area contributed by atoms with Gasteiger partial charge in [-0.2, -0.15) is 0 Å². The third-order valence-electron chi connectivity index (χ3n) is 20.2. The molecule has 406 valence electrons. The summed E-state index contributed by atoms with van der Waals surface area (Å²) in [5.74, 6) is 1.37. The molecule has 0 amide bonds. The fourth-order valence-electron chi connectivity index (χ4n) is 13.5. The predicted octanol–water partition coefficient (Wildman–Crippen LogP) is 9.82. The van der Waals surface area contributed by atoms with Crippen LogP contribution in [-0.2, 0) is 66.3 Å². The van der Waals surface area contributed by atoms with Crippen molar-refractivity contribution < 1.29 is 66.3 Å². The van der Waals surface area contributed by atoms with Crippen LogP contribution in [0.25, 0.3) is 0 Å². The summed E-state index contributed by atoms with van der Waals surface area (Å²) in [6, 6.07) is 0. The maximum atomic E-state index is 6.97. The second-order valence-electron chi connectivity index (χ2n) is 24.7. The van der Waals surface area contributed by atoms with Crippen LogP contribution in [0.5, 0.6) is 0 Å². The molecule has 21 fully saturated rings. The second-order valence-corrected chi connectivity index (χ2v) is 24.7. The zero-order valence-electron chi connectivity index (χ0n) is 46.9. The molecular weight excluding hydrogens is 897 g/mol. The number of ether oxygens (including phenoxy) is 14. The molecule has 0 aromatic rings. The topological polar surface area (TPSA) is 129 Å². The average molecular weight is 995 g/mol. The van der Waals surface area contributed by atoms with Crippen molar-refractivity contribution in [1.29, 1.82) is 0 Å². The Hall–Kier alpha value is -0.560. The lowest BCUT2D eigenvalue weighted by molar-refractivity contribution is -0.364. The standard InChI is InChI=1S/C56H98O14/c1-22-29(8)50-57-36(15)43(22)64-51-30(9)23(2)45(38(17)58-51)66-53-32(11)25(4)47(40(19)60-53)68-55-34(13)27(6)49(42(21)62-55)70-56-35(14)28(7)48(41(20)63-56)69-54-33(12)26(5)46(39(18)61-54)67-52-31(10)24(3)44(65-50)37(16)59-52/h22-56H,1-21H3/t22-,23-,24-,25-,26-,27-,28-,29?,30?,31?,32?,33?,34?,35?,36?,37?,38?,39?,40?,41?,42?,43+,44+,45+,46+,47+,48+,49+,50-,51-,52+,53+,54-,55-,56+/m1/s1. The van der Waals surface area contributed by atoms with E-state index in [4.69, 9.17) is 66.3 Å². The molecule has 35 atom stereocenters. The molecule has 0 aromatic heterocycles. The monoisotopic (exact) mass is 995 g/mol. The number of hydrogen-bond donors (Lipinski definition) is 0. The van der Waals surface area contributed by atoms with E-state index in [1.807, 2.05) is 0 Å². The number of rotatable bonds is 0. The van der Waals surface area contributed by atoms with Gasteiger partial charge in [-0.05, 0) is 89.9 Å². The van der Waals surface area contributed by atoms with E-state index in [1.54, 1.807) is 0 Å². The Kier molecular flexibility index (Phi) is 17.6. The van der Waals surface area contributed by atoms with Crippen molar-refractivity contribution in [2.45, 2.75) is 275 Å². The highest BCUT2D eigenvalue weighted by Crippen LogP contribution is 2.46. The Morgan fingerprint density at radius 2 is 0.229 bits per heavy atom. The van der Waals surface area contributed by atoms with Crippen molar-refractivity contribution in [3.8, 4) is 0 Å². The van der Waals surface area contributed by atoms with Crippen LogP contribution in [0, 0.1) is 82.9 Å². The lowest BCUT2D eigenvalue weighted by Gasteiger charge is -2.51. The fraction of sp³-hybridized carbons (Fsp3) is 1.00. The number of hydrogen-bond acceptors (Lipinski definition) is 14. The summed E-state index contributed by atoms with van der Waals surface area (Å²) in [7, 11) is 0. The van der Waals surface area contributed by atoms with Crippen molar-refractivity contribution in [1.82, 2.24) is 0 Å². The van der Waals surface area contributed by atoms with Gasteiger partial charge in [-0.1, -0.05) is 96.9 Å². The molecule has 0 radical (unpaired) electrons. The predicted molar refractivity (Wildman–Crippen MR) is 263 cm³/mol. The van der Waals surface area contributed by atoms with Crippen molar-refractivity contribution in [3.05, 3.63) is 0 Å². The third kappa shape index (κ3) is 10.6. The van der Waals surface area contributed by atoms with E-state index in [-0.39, 0.29) is 168 Å². The molecular formula is C56H98O14. The highest BCUT2D eigenvalue weighted by molar-refractivity contribution is 4.96. The fourth-order valence-corrected chi connectivity index (χ4v) is 13.5. The minimum absolute atomic E-state index is 0.0576. The minimum atomic E-state index is -0.419. The summed E-state index contributed by atoms with van der Waals surface area (Å²) in [5.41, 5.74) is 0. The summed E-state index contributed by atoms with van der Waals surface area (Å²) >= 11 is 0. The molecule has 14 bridgehead atoms. The third-order valence-corrected chi connectivity index (χ3v) is 20.2. The van der Waals surface area contributed by atoms with E-state index in [0.29, 0.717) is 0 Å². The first kappa shape index (κ1) is 55.7. The molecule has 21 saturated heterocycles. The van der Waals surface area contributed by atoms with Crippen LogP contribution < -0.4 is 0 Å². The van der Waals surface area contributed by atoms with Crippen LogP contribution in [-0.4, -0.2) is 129 Å². The second kappa shape index (κ2) is 22.2. The molecule has 21 aliphatic rings.